The third-order valence-corrected chi connectivity index (χ3v) is 3.43. The number of amides is 1. The van der Waals surface area contributed by atoms with Crippen molar-refractivity contribution >= 4 is 29.1 Å². The summed E-state index contributed by atoms with van der Waals surface area (Å²) in [5, 5.41) is 4.12. The first-order valence-corrected chi connectivity index (χ1v) is 6.61. The molecule has 4 heteroatoms. The Morgan fingerprint density at radius 2 is 1.89 bits per heavy atom. The fourth-order valence-electron chi connectivity index (χ4n) is 1.79. The van der Waals surface area contributed by atoms with Gasteiger partial charge in [-0.05, 0) is 42.3 Å². The normalized spacial score (nSPS) is 10.3. The summed E-state index contributed by atoms with van der Waals surface area (Å²) in [7, 11) is 0. The molecule has 0 saturated carbocycles. The number of aryl methyl sites for hydroxylation is 1. The molecule has 2 aromatic carbocycles. The van der Waals surface area contributed by atoms with E-state index in [0.717, 1.165) is 11.1 Å². The van der Waals surface area contributed by atoms with Gasteiger partial charge in [-0.2, -0.15) is 0 Å². The van der Waals surface area contributed by atoms with Crippen LogP contribution in [0.2, 0.25) is 10.0 Å². The molecule has 0 aliphatic rings. The lowest BCUT2D eigenvalue weighted by Gasteiger charge is -2.09. The fraction of sp³-hybridized carbons (Fsp3) is 0.133. The quantitative estimate of drug-likeness (QED) is 0.901. The van der Waals surface area contributed by atoms with E-state index in [9.17, 15) is 4.79 Å². The van der Waals surface area contributed by atoms with Gasteiger partial charge < -0.3 is 5.32 Å². The molecule has 0 heterocycles. The van der Waals surface area contributed by atoms with E-state index in [2.05, 4.69) is 5.32 Å². The first kappa shape index (κ1) is 13.9. The molecular weight excluding hydrogens is 281 g/mol. The predicted octanol–water partition coefficient (Wildman–Crippen LogP) is 4.23. The van der Waals surface area contributed by atoms with E-state index in [1.807, 2.05) is 25.1 Å². The van der Waals surface area contributed by atoms with Gasteiger partial charge in [-0.25, -0.2) is 0 Å². The Morgan fingerprint density at radius 1 is 1.16 bits per heavy atom. The zero-order valence-electron chi connectivity index (χ0n) is 10.4. The third-order valence-electron chi connectivity index (χ3n) is 2.83. The zero-order valence-corrected chi connectivity index (χ0v) is 11.9. The van der Waals surface area contributed by atoms with Crippen LogP contribution in [0.1, 0.15) is 21.5 Å². The lowest BCUT2D eigenvalue weighted by atomic mass is 10.1. The van der Waals surface area contributed by atoms with E-state index in [4.69, 9.17) is 23.2 Å². The topological polar surface area (TPSA) is 29.1 Å². The Hall–Kier alpha value is -1.51. The van der Waals surface area contributed by atoms with Crippen molar-refractivity contribution < 1.29 is 4.79 Å². The summed E-state index contributed by atoms with van der Waals surface area (Å²) < 4.78 is 0. The molecule has 0 spiro atoms. The number of carbonyl (C=O) groups excluding carboxylic acids is 1. The molecule has 0 fully saturated rings. The Balaban J connectivity index is 2.08. The SMILES string of the molecule is Cc1cc(Cl)ccc1C(=O)NCc1ccccc1Cl. The van der Waals surface area contributed by atoms with Crippen LogP contribution in [0.15, 0.2) is 42.5 Å². The van der Waals surface area contributed by atoms with Crippen molar-refractivity contribution in [3.8, 4) is 0 Å². The van der Waals surface area contributed by atoms with Crippen LogP contribution in [0.3, 0.4) is 0 Å². The number of benzene rings is 2. The molecule has 0 saturated heterocycles. The van der Waals surface area contributed by atoms with Gasteiger partial charge in [-0.1, -0.05) is 41.4 Å². The first-order valence-electron chi connectivity index (χ1n) is 5.85. The molecule has 98 valence electrons. The van der Waals surface area contributed by atoms with Crippen LogP contribution in [0, 0.1) is 6.92 Å². The summed E-state index contributed by atoms with van der Waals surface area (Å²) in [6, 6.07) is 12.6. The van der Waals surface area contributed by atoms with E-state index < -0.39 is 0 Å². The van der Waals surface area contributed by atoms with Crippen molar-refractivity contribution in [2.75, 3.05) is 0 Å². The monoisotopic (exact) mass is 293 g/mol. The molecule has 2 rings (SSSR count). The molecule has 0 bridgehead atoms. The lowest BCUT2D eigenvalue weighted by molar-refractivity contribution is 0.0950. The standard InChI is InChI=1S/C15H13Cl2NO/c1-10-8-12(16)6-7-13(10)15(19)18-9-11-4-2-3-5-14(11)17/h2-8H,9H2,1H3,(H,18,19). The van der Waals surface area contributed by atoms with Crippen molar-refractivity contribution in [3.63, 3.8) is 0 Å². The Bertz CT molecular complexity index is 611. The maximum atomic E-state index is 12.1. The zero-order chi connectivity index (χ0) is 13.8. The summed E-state index contributed by atoms with van der Waals surface area (Å²) in [5.74, 6) is -0.130. The highest BCUT2D eigenvalue weighted by atomic mass is 35.5. The van der Waals surface area contributed by atoms with Crippen LogP contribution in [0.25, 0.3) is 0 Å². The largest absolute Gasteiger partial charge is 0.348 e. The Labute approximate surface area is 122 Å². The van der Waals surface area contributed by atoms with E-state index in [-0.39, 0.29) is 5.91 Å². The maximum Gasteiger partial charge on any atom is 0.251 e. The van der Waals surface area contributed by atoms with Crippen molar-refractivity contribution in [2.45, 2.75) is 13.5 Å². The highest BCUT2D eigenvalue weighted by Crippen LogP contribution is 2.17. The van der Waals surface area contributed by atoms with Crippen LogP contribution < -0.4 is 5.32 Å². The number of hydrogen-bond acceptors (Lipinski definition) is 1. The molecule has 0 unspecified atom stereocenters. The molecule has 19 heavy (non-hydrogen) atoms. The molecule has 1 amide bonds. The second kappa shape index (κ2) is 6.09. The van der Waals surface area contributed by atoms with E-state index in [1.54, 1.807) is 24.3 Å². The average molecular weight is 294 g/mol. The van der Waals surface area contributed by atoms with Crippen LogP contribution >= 0.6 is 23.2 Å². The van der Waals surface area contributed by atoms with Gasteiger partial charge in [0.1, 0.15) is 0 Å². The van der Waals surface area contributed by atoms with Crippen molar-refractivity contribution in [1.82, 2.24) is 5.32 Å². The van der Waals surface area contributed by atoms with Gasteiger partial charge in [0.2, 0.25) is 0 Å². The highest BCUT2D eigenvalue weighted by Gasteiger charge is 2.09. The van der Waals surface area contributed by atoms with Crippen molar-refractivity contribution in [1.29, 1.82) is 0 Å². The summed E-state index contributed by atoms with van der Waals surface area (Å²) in [4.78, 5) is 12.1. The molecule has 0 aliphatic carbocycles. The summed E-state index contributed by atoms with van der Waals surface area (Å²) in [6.07, 6.45) is 0. The average Bonchev–Trinajstić information content (AvgIpc) is 2.37. The van der Waals surface area contributed by atoms with Gasteiger partial charge in [0, 0.05) is 22.2 Å². The minimum Gasteiger partial charge on any atom is -0.348 e. The molecule has 1 N–H and O–H groups in total. The lowest BCUT2D eigenvalue weighted by Crippen LogP contribution is -2.23. The Kier molecular flexibility index (Phi) is 4.46. The van der Waals surface area contributed by atoms with Gasteiger partial charge in [0.25, 0.3) is 5.91 Å². The number of halogens is 2. The molecule has 0 aromatic heterocycles. The van der Waals surface area contributed by atoms with Gasteiger partial charge in [-0.15, -0.1) is 0 Å². The summed E-state index contributed by atoms with van der Waals surface area (Å²) in [5.41, 5.74) is 2.37. The van der Waals surface area contributed by atoms with Crippen molar-refractivity contribution in [2.24, 2.45) is 0 Å². The van der Waals surface area contributed by atoms with Crippen LogP contribution in [-0.4, -0.2) is 5.91 Å². The molecule has 0 aliphatic heterocycles. The van der Waals surface area contributed by atoms with Gasteiger partial charge in [0.15, 0.2) is 0 Å². The maximum absolute atomic E-state index is 12.1. The number of nitrogens with one attached hydrogen (secondary N) is 1. The number of rotatable bonds is 3. The van der Waals surface area contributed by atoms with Crippen LogP contribution in [0.5, 0.6) is 0 Å². The molecule has 0 radical (unpaired) electrons. The fourth-order valence-corrected chi connectivity index (χ4v) is 2.22. The molecule has 2 aromatic rings. The van der Waals surface area contributed by atoms with Crippen molar-refractivity contribution in [3.05, 3.63) is 69.2 Å². The van der Waals surface area contributed by atoms with Crippen LogP contribution in [0.4, 0.5) is 0 Å². The minimum atomic E-state index is -0.130. The van der Waals surface area contributed by atoms with E-state index in [0.29, 0.717) is 22.2 Å². The summed E-state index contributed by atoms with van der Waals surface area (Å²) in [6.45, 7) is 2.26. The molecular formula is C15H13Cl2NO. The van der Waals surface area contributed by atoms with Gasteiger partial charge in [0.05, 0.1) is 0 Å². The van der Waals surface area contributed by atoms with E-state index >= 15 is 0 Å². The molecule has 2 nitrogen and oxygen atoms in total. The number of hydrogen-bond donors (Lipinski definition) is 1. The second-order valence-electron chi connectivity index (χ2n) is 4.23. The predicted molar refractivity (Wildman–Crippen MR) is 78.8 cm³/mol. The first-order chi connectivity index (χ1) is 9.08. The third kappa shape index (κ3) is 3.49. The molecule has 0 atom stereocenters. The summed E-state index contributed by atoms with van der Waals surface area (Å²) >= 11 is 11.9. The van der Waals surface area contributed by atoms with Gasteiger partial charge in [-0.3, -0.25) is 4.79 Å². The highest BCUT2D eigenvalue weighted by molar-refractivity contribution is 6.31. The van der Waals surface area contributed by atoms with Gasteiger partial charge >= 0.3 is 0 Å². The Morgan fingerprint density at radius 3 is 2.58 bits per heavy atom. The second-order valence-corrected chi connectivity index (χ2v) is 5.08. The van der Waals surface area contributed by atoms with Crippen LogP contribution in [-0.2, 0) is 6.54 Å². The smallest absolute Gasteiger partial charge is 0.251 e. The minimum absolute atomic E-state index is 0.130. The number of carbonyl (C=O) groups is 1. The van der Waals surface area contributed by atoms with E-state index in [1.165, 1.54) is 0 Å².